The third-order valence-electron chi connectivity index (χ3n) is 7.29. The van der Waals surface area contributed by atoms with E-state index < -0.39 is 0 Å². The minimum Gasteiger partial charge on any atom is -0.496 e. The number of amides is 1. The fourth-order valence-corrected chi connectivity index (χ4v) is 5.13. The minimum atomic E-state index is -0.175. The van der Waals surface area contributed by atoms with Gasteiger partial charge in [-0.3, -0.25) is 15.5 Å². The number of nitrogens with one attached hydrogen (secondary N) is 3. The van der Waals surface area contributed by atoms with E-state index in [1.807, 2.05) is 24.4 Å². The van der Waals surface area contributed by atoms with Crippen LogP contribution in [0.1, 0.15) is 54.4 Å². The first-order valence-corrected chi connectivity index (χ1v) is 12.0. The molecule has 0 radical (unpaired) electrons. The number of carbonyl (C=O) groups excluding carboxylic acids is 1. The van der Waals surface area contributed by atoms with Crippen LogP contribution in [0, 0.1) is 22.8 Å². The van der Waals surface area contributed by atoms with Crippen molar-refractivity contribution in [2.24, 2.45) is 5.92 Å². The van der Waals surface area contributed by atoms with E-state index in [0.29, 0.717) is 23.8 Å². The predicted molar refractivity (Wildman–Crippen MR) is 132 cm³/mol. The minimum absolute atomic E-state index is 0.134. The molecule has 0 spiro atoms. The Morgan fingerprint density at radius 1 is 1.12 bits per heavy atom. The third-order valence-corrected chi connectivity index (χ3v) is 7.29. The Labute approximate surface area is 201 Å². The number of methoxy groups -OCH3 is 1. The van der Waals surface area contributed by atoms with Crippen LogP contribution < -0.4 is 15.4 Å². The Kier molecular flexibility index (Phi) is 7.36. The molecule has 0 aliphatic heterocycles. The van der Waals surface area contributed by atoms with E-state index in [4.69, 9.17) is 15.4 Å². The molecule has 2 aliphatic carbocycles. The van der Waals surface area contributed by atoms with Gasteiger partial charge >= 0.3 is 0 Å². The average Bonchev–Trinajstić information content (AvgIpc) is 3.71. The molecular formula is C27H33N5O2. The van der Waals surface area contributed by atoms with Crippen molar-refractivity contribution in [2.75, 3.05) is 20.2 Å². The standard InChI is InChI=1S/C27H33N5O2/c1-34-24-10-6-5-9-23(24)25(33)30-18-27(21-7-3-2-4-8-21)15-13-22(14-16-27)32(17-20-11-12-20)26(29)31-19-28/h2-10,20,22H,11-18H2,1H3,(H2,29,31)(H,30,33). The Morgan fingerprint density at radius 3 is 2.44 bits per heavy atom. The Hall–Kier alpha value is -3.53. The molecule has 178 valence electrons. The summed E-state index contributed by atoms with van der Waals surface area (Å²) in [7, 11) is 1.57. The normalized spacial score (nSPS) is 21.7. The highest BCUT2D eigenvalue weighted by atomic mass is 16.5. The summed E-state index contributed by atoms with van der Waals surface area (Å²) in [5.74, 6) is 1.26. The molecule has 2 saturated carbocycles. The molecule has 3 N–H and O–H groups in total. The molecule has 7 heteroatoms. The molecule has 0 heterocycles. The number of para-hydroxylation sites is 1. The van der Waals surface area contributed by atoms with Crippen LogP contribution in [-0.2, 0) is 5.41 Å². The number of hydrogen-bond donors (Lipinski definition) is 3. The van der Waals surface area contributed by atoms with Crippen LogP contribution >= 0.6 is 0 Å². The Morgan fingerprint density at radius 2 is 1.79 bits per heavy atom. The summed E-state index contributed by atoms with van der Waals surface area (Å²) < 4.78 is 5.37. The molecule has 0 unspecified atom stereocenters. The monoisotopic (exact) mass is 459 g/mol. The van der Waals surface area contributed by atoms with Crippen molar-refractivity contribution >= 4 is 11.9 Å². The highest BCUT2D eigenvalue weighted by molar-refractivity contribution is 5.97. The smallest absolute Gasteiger partial charge is 0.255 e. The van der Waals surface area contributed by atoms with Gasteiger partial charge in [0.15, 0.2) is 6.19 Å². The molecule has 2 aliphatic rings. The van der Waals surface area contributed by atoms with Gasteiger partial charge in [-0.25, -0.2) is 0 Å². The van der Waals surface area contributed by atoms with Crippen molar-refractivity contribution in [3.63, 3.8) is 0 Å². The number of hydrogen-bond acceptors (Lipinski definition) is 4. The second kappa shape index (κ2) is 10.6. The van der Waals surface area contributed by atoms with Crippen molar-refractivity contribution in [1.82, 2.24) is 15.5 Å². The van der Waals surface area contributed by atoms with Crippen molar-refractivity contribution in [3.05, 3.63) is 65.7 Å². The maximum absolute atomic E-state index is 13.0. The molecule has 0 aromatic heterocycles. The lowest BCUT2D eigenvalue weighted by molar-refractivity contribution is 0.0925. The first-order valence-electron chi connectivity index (χ1n) is 12.0. The summed E-state index contributed by atoms with van der Waals surface area (Å²) in [6.07, 6.45) is 7.91. The van der Waals surface area contributed by atoms with Crippen LogP contribution in [0.4, 0.5) is 0 Å². The van der Waals surface area contributed by atoms with E-state index in [1.165, 1.54) is 18.4 Å². The first-order chi connectivity index (χ1) is 16.6. The van der Waals surface area contributed by atoms with Gasteiger partial charge in [0.2, 0.25) is 5.96 Å². The molecule has 34 heavy (non-hydrogen) atoms. The van der Waals surface area contributed by atoms with E-state index in [2.05, 4.69) is 39.8 Å². The van der Waals surface area contributed by atoms with Crippen molar-refractivity contribution < 1.29 is 9.53 Å². The van der Waals surface area contributed by atoms with Gasteiger partial charge in [0.05, 0.1) is 12.7 Å². The van der Waals surface area contributed by atoms with Crippen LogP contribution in [0.3, 0.4) is 0 Å². The number of nitriles is 1. The van der Waals surface area contributed by atoms with Crippen molar-refractivity contribution in [3.8, 4) is 11.9 Å². The quantitative estimate of drug-likeness (QED) is 0.240. The topological polar surface area (TPSA) is 101 Å². The van der Waals surface area contributed by atoms with Crippen molar-refractivity contribution in [1.29, 1.82) is 10.7 Å². The molecule has 7 nitrogen and oxygen atoms in total. The summed E-state index contributed by atoms with van der Waals surface area (Å²) in [6.45, 7) is 1.37. The van der Waals surface area contributed by atoms with Crippen LogP contribution in [-0.4, -0.2) is 43.0 Å². The van der Waals surface area contributed by atoms with Crippen LogP contribution in [0.2, 0.25) is 0 Å². The van der Waals surface area contributed by atoms with E-state index in [1.54, 1.807) is 19.2 Å². The van der Waals surface area contributed by atoms with Gasteiger partial charge in [0.1, 0.15) is 5.75 Å². The molecule has 2 fully saturated rings. The number of benzene rings is 2. The molecule has 2 aromatic rings. The molecule has 0 atom stereocenters. The SMILES string of the molecule is COc1ccccc1C(=O)NCC1(c2ccccc2)CCC(N(CC2CC2)C(=N)NC#N)CC1. The van der Waals surface area contributed by atoms with E-state index in [-0.39, 0.29) is 23.3 Å². The molecule has 0 bridgehead atoms. The van der Waals surface area contributed by atoms with Gasteiger partial charge in [-0.05, 0) is 62.1 Å². The van der Waals surface area contributed by atoms with Gasteiger partial charge in [-0.1, -0.05) is 42.5 Å². The van der Waals surface area contributed by atoms with Crippen LogP contribution in [0.15, 0.2) is 54.6 Å². The first kappa shape index (κ1) is 23.6. The van der Waals surface area contributed by atoms with Gasteiger partial charge in [-0.2, -0.15) is 5.26 Å². The predicted octanol–water partition coefficient (Wildman–Crippen LogP) is 4.02. The molecule has 2 aromatic carbocycles. The zero-order valence-electron chi connectivity index (χ0n) is 19.7. The zero-order valence-corrected chi connectivity index (χ0v) is 19.7. The summed E-state index contributed by atoms with van der Waals surface area (Å²) in [5, 5.41) is 23.1. The summed E-state index contributed by atoms with van der Waals surface area (Å²) >= 11 is 0. The summed E-state index contributed by atoms with van der Waals surface area (Å²) in [5.41, 5.74) is 1.59. The van der Waals surface area contributed by atoms with Crippen LogP contribution in [0.5, 0.6) is 5.75 Å². The Balaban J connectivity index is 1.49. The highest BCUT2D eigenvalue weighted by Crippen LogP contribution is 2.41. The number of rotatable bonds is 8. The zero-order chi connectivity index (χ0) is 24.0. The molecule has 1 amide bonds. The van der Waals surface area contributed by atoms with E-state index >= 15 is 0 Å². The fourth-order valence-electron chi connectivity index (χ4n) is 5.13. The van der Waals surface area contributed by atoms with Crippen LogP contribution in [0.25, 0.3) is 0 Å². The second-order valence-electron chi connectivity index (χ2n) is 9.44. The second-order valence-corrected chi connectivity index (χ2v) is 9.44. The van der Waals surface area contributed by atoms with Gasteiger partial charge in [0, 0.05) is 24.5 Å². The lowest BCUT2D eigenvalue weighted by Crippen LogP contribution is -2.51. The number of carbonyl (C=O) groups is 1. The Bertz CT molecular complexity index is 1040. The lowest BCUT2D eigenvalue weighted by atomic mass is 9.67. The molecule has 4 rings (SSSR count). The third kappa shape index (κ3) is 5.33. The number of guanidine groups is 1. The van der Waals surface area contributed by atoms with Gasteiger partial charge < -0.3 is 15.0 Å². The number of nitrogens with zero attached hydrogens (tertiary/aromatic N) is 2. The van der Waals surface area contributed by atoms with Crippen molar-refractivity contribution in [2.45, 2.75) is 50.0 Å². The van der Waals surface area contributed by atoms with Gasteiger partial charge in [-0.15, -0.1) is 0 Å². The maximum atomic E-state index is 13.0. The van der Waals surface area contributed by atoms with E-state index in [9.17, 15) is 4.79 Å². The molecular weight excluding hydrogens is 426 g/mol. The van der Waals surface area contributed by atoms with Gasteiger partial charge in [0.25, 0.3) is 5.91 Å². The largest absolute Gasteiger partial charge is 0.496 e. The fraction of sp³-hybridized carbons (Fsp3) is 0.444. The lowest BCUT2D eigenvalue weighted by Gasteiger charge is -2.44. The average molecular weight is 460 g/mol. The number of ether oxygens (including phenoxy) is 1. The molecule has 0 saturated heterocycles. The summed E-state index contributed by atoms with van der Waals surface area (Å²) in [6, 6.07) is 17.9. The maximum Gasteiger partial charge on any atom is 0.255 e. The van der Waals surface area contributed by atoms with E-state index in [0.717, 1.165) is 32.2 Å². The summed E-state index contributed by atoms with van der Waals surface area (Å²) in [4.78, 5) is 15.1. The highest BCUT2D eigenvalue weighted by Gasteiger charge is 2.40.